The van der Waals surface area contributed by atoms with Crippen LogP contribution in [-0.4, -0.2) is 16.1 Å². The number of rotatable bonds is 3. The Morgan fingerprint density at radius 1 is 1.12 bits per heavy atom. The van der Waals surface area contributed by atoms with Crippen LogP contribution in [0.15, 0.2) is 24.3 Å². The number of aromatic amines is 1. The van der Waals surface area contributed by atoms with Gasteiger partial charge in [0.2, 0.25) is 5.91 Å². The van der Waals surface area contributed by atoms with Gasteiger partial charge in [-0.25, -0.2) is 0 Å². The van der Waals surface area contributed by atoms with Gasteiger partial charge in [-0.2, -0.15) is 5.10 Å². The Balaban J connectivity index is 1.38. The summed E-state index contributed by atoms with van der Waals surface area (Å²) in [6.45, 7) is 0.558. The Bertz CT molecular complexity index is 734. The average Bonchev–Trinajstić information content (AvgIpc) is 2.85. The van der Waals surface area contributed by atoms with E-state index in [1.165, 1.54) is 41.6 Å². The fourth-order valence-electron chi connectivity index (χ4n) is 4.11. The maximum atomic E-state index is 12.6. The Labute approximate surface area is 143 Å². The minimum atomic E-state index is 0.0949. The zero-order valence-corrected chi connectivity index (χ0v) is 14.1. The lowest BCUT2D eigenvalue weighted by Crippen LogP contribution is -2.34. The minimum absolute atomic E-state index is 0.0949. The molecule has 0 fully saturated rings. The molecule has 2 aliphatic rings. The fraction of sp³-hybridized carbons (Fsp3) is 0.500. The molecule has 2 aromatic rings. The van der Waals surface area contributed by atoms with E-state index in [0.29, 0.717) is 6.54 Å². The number of aromatic nitrogens is 2. The zero-order valence-electron chi connectivity index (χ0n) is 14.1. The summed E-state index contributed by atoms with van der Waals surface area (Å²) in [5.41, 5.74) is 6.40. The molecular formula is C20H25N3O. The molecule has 2 N–H and O–H groups in total. The van der Waals surface area contributed by atoms with E-state index in [9.17, 15) is 4.79 Å². The Morgan fingerprint density at radius 3 is 2.88 bits per heavy atom. The van der Waals surface area contributed by atoms with Gasteiger partial charge in [0, 0.05) is 11.6 Å². The van der Waals surface area contributed by atoms with Crippen molar-refractivity contribution < 1.29 is 4.79 Å². The van der Waals surface area contributed by atoms with Crippen molar-refractivity contribution in [3.05, 3.63) is 52.3 Å². The molecule has 0 spiro atoms. The van der Waals surface area contributed by atoms with Crippen LogP contribution in [0.1, 0.15) is 53.8 Å². The Kier molecular flexibility index (Phi) is 4.37. The van der Waals surface area contributed by atoms with Crippen molar-refractivity contribution in [3.8, 4) is 0 Å². The van der Waals surface area contributed by atoms with Crippen molar-refractivity contribution in [2.24, 2.45) is 5.92 Å². The van der Waals surface area contributed by atoms with Crippen molar-refractivity contribution in [1.82, 2.24) is 15.5 Å². The molecule has 4 nitrogen and oxygen atoms in total. The predicted octanol–water partition coefficient (Wildman–Crippen LogP) is 3.10. The predicted molar refractivity (Wildman–Crippen MR) is 93.7 cm³/mol. The standard InChI is InChI=1S/C20H25N3O/c24-20(16-11-10-14-6-4-5-7-15(14)12-16)21-13-19-17-8-2-1-3-9-18(17)22-23-19/h4-7,16H,1-3,8-13H2,(H,21,24)(H,22,23). The highest BCUT2D eigenvalue weighted by Crippen LogP contribution is 2.26. The molecule has 24 heavy (non-hydrogen) atoms. The summed E-state index contributed by atoms with van der Waals surface area (Å²) in [7, 11) is 0. The van der Waals surface area contributed by atoms with Crippen LogP contribution >= 0.6 is 0 Å². The summed E-state index contributed by atoms with van der Waals surface area (Å²) in [5, 5.41) is 10.8. The number of fused-ring (bicyclic) bond motifs is 2. The normalized spacial score (nSPS) is 19.9. The van der Waals surface area contributed by atoms with Crippen LogP contribution in [0.3, 0.4) is 0 Å². The summed E-state index contributed by atoms with van der Waals surface area (Å²) in [6.07, 6.45) is 8.75. The Morgan fingerprint density at radius 2 is 1.96 bits per heavy atom. The summed E-state index contributed by atoms with van der Waals surface area (Å²) < 4.78 is 0. The third-order valence-electron chi connectivity index (χ3n) is 5.54. The fourth-order valence-corrected chi connectivity index (χ4v) is 4.11. The quantitative estimate of drug-likeness (QED) is 0.853. The maximum Gasteiger partial charge on any atom is 0.223 e. The number of carbonyl (C=O) groups excluding carboxylic acids is 1. The molecule has 1 amide bonds. The van der Waals surface area contributed by atoms with E-state index in [1.54, 1.807) is 0 Å². The summed E-state index contributed by atoms with van der Waals surface area (Å²) in [5.74, 6) is 0.271. The highest BCUT2D eigenvalue weighted by molar-refractivity contribution is 5.79. The van der Waals surface area contributed by atoms with Crippen molar-refractivity contribution in [2.45, 2.75) is 57.9 Å². The molecule has 0 bridgehead atoms. The molecule has 0 saturated carbocycles. The third-order valence-corrected chi connectivity index (χ3v) is 5.54. The van der Waals surface area contributed by atoms with E-state index in [-0.39, 0.29) is 11.8 Å². The van der Waals surface area contributed by atoms with Crippen LogP contribution in [0.25, 0.3) is 0 Å². The van der Waals surface area contributed by atoms with E-state index in [4.69, 9.17) is 0 Å². The van der Waals surface area contributed by atoms with Crippen molar-refractivity contribution in [3.63, 3.8) is 0 Å². The number of nitrogens with one attached hydrogen (secondary N) is 2. The number of hydrogen-bond acceptors (Lipinski definition) is 2. The molecule has 1 unspecified atom stereocenters. The van der Waals surface area contributed by atoms with Gasteiger partial charge in [-0.05, 0) is 61.6 Å². The number of hydrogen-bond donors (Lipinski definition) is 2. The van der Waals surface area contributed by atoms with Crippen molar-refractivity contribution in [1.29, 1.82) is 0 Å². The number of aryl methyl sites for hydroxylation is 2. The van der Waals surface area contributed by atoms with Gasteiger partial charge >= 0.3 is 0 Å². The second kappa shape index (κ2) is 6.80. The minimum Gasteiger partial charge on any atom is -0.350 e. The van der Waals surface area contributed by atoms with Gasteiger partial charge in [0.1, 0.15) is 0 Å². The zero-order chi connectivity index (χ0) is 16.4. The first-order valence-corrected chi connectivity index (χ1v) is 9.21. The van der Waals surface area contributed by atoms with E-state index in [1.807, 2.05) is 0 Å². The van der Waals surface area contributed by atoms with Gasteiger partial charge in [0.25, 0.3) is 0 Å². The first-order valence-electron chi connectivity index (χ1n) is 9.21. The number of nitrogens with zero attached hydrogens (tertiary/aromatic N) is 1. The van der Waals surface area contributed by atoms with Gasteiger partial charge in [-0.15, -0.1) is 0 Å². The van der Waals surface area contributed by atoms with Crippen LogP contribution < -0.4 is 5.32 Å². The highest BCUT2D eigenvalue weighted by Gasteiger charge is 2.25. The number of carbonyl (C=O) groups is 1. The van der Waals surface area contributed by atoms with Crippen LogP contribution in [0.4, 0.5) is 0 Å². The largest absolute Gasteiger partial charge is 0.350 e. The number of amides is 1. The molecule has 0 saturated heterocycles. The van der Waals surface area contributed by atoms with E-state index >= 15 is 0 Å². The summed E-state index contributed by atoms with van der Waals surface area (Å²) in [6, 6.07) is 8.49. The molecule has 0 radical (unpaired) electrons. The molecule has 2 aliphatic carbocycles. The van der Waals surface area contributed by atoms with Gasteiger partial charge in [-0.1, -0.05) is 30.7 Å². The monoisotopic (exact) mass is 323 g/mol. The van der Waals surface area contributed by atoms with Crippen LogP contribution in [0.2, 0.25) is 0 Å². The topological polar surface area (TPSA) is 57.8 Å². The first-order chi connectivity index (χ1) is 11.8. The number of H-pyrrole nitrogens is 1. The lowest BCUT2D eigenvalue weighted by atomic mass is 9.83. The SMILES string of the molecule is O=C(NCc1n[nH]c2c1CCCCC2)C1CCc2ccccc2C1. The summed E-state index contributed by atoms with van der Waals surface area (Å²) >= 11 is 0. The number of benzene rings is 1. The smallest absolute Gasteiger partial charge is 0.223 e. The van der Waals surface area contributed by atoms with Crippen LogP contribution in [0, 0.1) is 5.92 Å². The summed E-state index contributed by atoms with van der Waals surface area (Å²) in [4.78, 5) is 12.6. The third kappa shape index (κ3) is 3.10. The van der Waals surface area contributed by atoms with Crippen molar-refractivity contribution in [2.75, 3.05) is 0 Å². The molecule has 1 atom stereocenters. The van der Waals surface area contributed by atoms with E-state index in [2.05, 4.69) is 39.8 Å². The second-order valence-corrected chi connectivity index (χ2v) is 7.11. The first kappa shape index (κ1) is 15.4. The molecule has 0 aliphatic heterocycles. The molecule has 1 aromatic heterocycles. The maximum absolute atomic E-state index is 12.6. The van der Waals surface area contributed by atoms with Gasteiger partial charge in [0.05, 0.1) is 12.2 Å². The molecule has 1 aromatic carbocycles. The average molecular weight is 323 g/mol. The van der Waals surface area contributed by atoms with Gasteiger partial charge in [0.15, 0.2) is 0 Å². The lowest BCUT2D eigenvalue weighted by Gasteiger charge is -2.23. The van der Waals surface area contributed by atoms with E-state index < -0.39 is 0 Å². The molecule has 4 heteroatoms. The second-order valence-electron chi connectivity index (χ2n) is 7.11. The molecule has 1 heterocycles. The van der Waals surface area contributed by atoms with Crippen LogP contribution in [-0.2, 0) is 37.0 Å². The molecular weight excluding hydrogens is 298 g/mol. The van der Waals surface area contributed by atoms with Gasteiger partial charge < -0.3 is 5.32 Å². The Hall–Kier alpha value is -2.10. The van der Waals surface area contributed by atoms with Crippen molar-refractivity contribution >= 4 is 5.91 Å². The molecule has 4 rings (SSSR count). The highest BCUT2D eigenvalue weighted by atomic mass is 16.1. The lowest BCUT2D eigenvalue weighted by molar-refractivity contribution is -0.125. The van der Waals surface area contributed by atoms with Gasteiger partial charge in [-0.3, -0.25) is 9.89 Å². The van der Waals surface area contributed by atoms with Crippen LogP contribution in [0.5, 0.6) is 0 Å². The molecule has 126 valence electrons. The van der Waals surface area contributed by atoms with E-state index in [0.717, 1.165) is 37.8 Å².